The lowest BCUT2D eigenvalue weighted by Gasteiger charge is -2.19. The molecule has 0 spiro atoms. The maximum Gasteiger partial charge on any atom is 0.490 e. The van der Waals surface area contributed by atoms with Crippen molar-refractivity contribution in [3.63, 3.8) is 0 Å². The van der Waals surface area contributed by atoms with Crippen LogP contribution < -0.4 is 15.4 Å². The van der Waals surface area contributed by atoms with Gasteiger partial charge in [0.25, 0.3) is 5.91 Å². The van der Waals surface area contributed by atoms with Gasteiger partial charge in [0, 0.05) is 6.20 Å². The number of nitrogens with one attached hydrogen (secondary N) is 2. The smallest absolute Gasteiger partial charge is 0.490 e. The Balaban J connectivity index is 0.000000804. The second-order valence-electron chi connectivity index (χ2n) is 9.51. The average Bonchev–Trinajstić information content (AvgIpc) is 3.33. The number of ether oxygens (including phenoxy) is 1. The molecular weight excluding hydrogens is 679 g/mol. The van der Waals surface area contributed by atoms with Crippen LogP contribution in [0.5, 0.6) is 5.75 Å². The first-order valence-electron chi connectivity index (χ1n) is 13.8. The molecule has 2 heterocycles. The Bertz CT molecular complexity index is 1660. The average molecular weight is 710 g/mol. The van der Waals surface area contributed by atoms with Gasteiger partial charge in [0.2, 0.25) is 5.95 Å². The summed E-state index contributed by atoms with van der Waals surface area (Å²) in [6.45, 7) is 4.00. The van der Waals surface area contributed by atoms with Crippen LogP contribution in [0.2, 0.25) is 0 Å². The van der Waals surface area contributed by atoms with Crippen molar-refractivity contribution in [1.29, 1.82) is 0 Å². The van der Waals surface area contributed by atoms with E-state index in [0.717, 1.165) is 5.06 Å². The van der Waals surface area contributed by atoms with Crippen LogP contribution in [-0.2, 0) is 42.1 Å². The molecular formula is C28H30F6N5O8P. The number of rotatable bonds is 12. The van der Waals surface area contributed by atoms with Crippen molar-refractivity contribution in [1.82, 2.24) is 15.0 Å². The molecule has 4 rings (SSSR count). The number of hydrogen-bond donors (Lipinski definition) is 3. The minimum atomic E-state index is -5.08. The van der Waals surface area contributed by atoms with Gasteiger partial charge in [-0.15, -0.1) is 0 Å². The number of hydrogen-bond acceptors (Lipinski definition) is 11. The number of anilines is 4. The van der Waals surface area contributed by atoms with Crippen molar-refractivity contribution in [2.75, 3.05) is 38.1 Å². The highest BCUT2D eigenvalue weighted by molar-refractivity contribution is 7.53. The second-order valence-corrected chi connectivity index (χ2v) is 11.6. The first kappa shape index (κ1) is 38.0. The quantitative estimate of drug-likeness (QED) is 0.132. The Kier molecular flexibility index (Phi) is 12.4. The van der Waals surface area contributed by atoms with E-state index in [9.17, 15) is 35.7 Å². The molecule has 3 aromatic rings. The normalized spacial score (nSPS) is 13.0. The summed E-state index contributed by atoms with van der Waals surface area (Å²) in [5.74, 6) is -3.68. The zero-order chi connectivity index (χ0) is 35.9. The number of aliphatic carboxylic acids is 1. The zero-order valence-corrected chi connectivity index (χ0v) is 26.6. The summed E-state index contributed by atoms with van der Waals surface area (Å²) in [5.41, 5.74) is 0.726. The Morgan fingerprint density at radius 1 is 1.02 bits per heavy atom. The van der Waals surface area contributed by atoms with E-state index < -0.39 is 43.2 Å². The third-order valence-electron chi connectivity index (χ3n) is 6.26. The molecule has 0 aliphatic carbocycles. The van der Waals surface area contributed by atoms with Crippen molar-refractivity contribution in [3.8, 4) is 5.75 Å². The molecule has 1 aromatic heterocycles. The molecule has 0 unspecified atom stereocenters. The summed E-state index contributed by atoms with van der Waals surface area (Å²) in [7, 11) is -0.641. The Labute approximate surface area is 269 Å². The van der Waals surface area contributed by atoms with Crippen LogP contribution >= 0.6 is 7.60 Å². The van der Waals surface area contributed by atoms with Crippen molar-refractivity contribution < 1.29 is 64.2 Å². The number of nitrogens with zero attached hydrogens (tertiary/aromatic N) is 3. The van der Waals surface area contributed by atoms with Gasteiger partial charge in [0.05, 0.1) is 57.1 Å². The molecule has 20 heteroatoms. The van der Waals surface area contributed by atoms with E-state index in [-0.39, 0.29) is 43.1 Å². The number of carbonyl (C=O) groups excluding carboxylic acids is 1. The highest BCUT2D eigenvalue weighted by atomic mass is 31.2. The molecule has 262 valence electrons. The molecule has 13 nitrogen and oxygen atoms in total. The highest BCUT2D eigenvalue weighted by Gasteiger charge is 2.38. The largest absolute Gasteiger partial charge is 0.495 e. The molecule has 1 aliphatic rings. The van der Waals surface area contributed by atoms with Gasteiger partial charge in [-0.3, -0.25) is 14.2 Å². The number of benzene rings is 2. The van der Waals surface area contributed by atoms with Gasteiger partial charge < -0.3 is 29.5 Å². The fraction of sp³-hybridized carbons (Fsp3) is 0.357. The SMILES string of the molecule is CCOP(=O)(Cc1ccc(Nc2ncc(C(F)(F)F)c(Nc3cccc4c3C(=O)N(OC)C4)n2)c(OC)c1)OCC.O=C(O)C(F)(F)F. The molecule has 0 saturated carbocycles. The minimum Gasteiger partial charge on any atom is -0.495 e. The molecule has 1 aliphatic heterocycles. The topological polar surface area (TPSA) is 161 Å². The standard InChI is InChI=1S/C26H29F3N5O6P.C2HF3O2/c1-5-39-41(36,40-6-2)15-16-10-11-19(21(12-16)37-3)32-25-30-13-18(26(27,28)29)23(33-25)31-20-9-7-8-17-14-34(38-4)24(35)22(17)20;3-2(4,5)1(6)7/h7-13H,5-6,14-15H2,1-4H3,(H2,30,31,32,33);(H,6,7). The number of carboxylic acids is 1. The van der Waals surface area contributed by atoms with Crippen molar-refractivity contribution >= 4 is 42.6 Å². The van der Waals surface area contributed by atoms with Crippen molar-refractivity contribution in [2.24, 2.45) is 0 Å². The van der Waals surface area contributed by atoms with E-state index >= 15 is 0 Å². The number of halogens is 6. The molecule has 0 bridgehead atoms. The fourth-order valence-corrected chi connectivity index (χ4v) is 5.95. The number of hydroxylamine groups is 2. The Morgan fingerprint density at radius 3 is 2.21 bits per heavy atom. The van der Waals surface area contributed by atoms with Gasteiger partial charge in [-0.1, -0.05) is 18.2 Å². The number of methoxy groups -OCH3 is 1. The summed E-state index contributed by atoms with van der Waals surface area (Å²) >= 11 is 0. The van der Waals surface area contributed by atoms with Gasteiger partial charge in [0.1, 0.15) is 17.1 Å². The number of alkyl halides is 6. The van der Waals surface area contributed by atoms with Crippen LogP contribution in [-0.4, -0.2) is 65.6 Å². The first-order chi connectivity index (χ1) is 22.5. The van der Waals surface area contributed by atoms with E-state index in [0.29, 0.717) is 28.8 Å². The summed E-state index contributed by atoms with van der Waals surface area (Å²) < 4.78 is 102. The maximum atomic E-state index is 13.9. The molecule has 0 fully saturated rings. The van der Waals surface area contributed by atoms with Crippen molar-refractivity contribution in [3.05, 3.63) is 64.8 Å². The molecule has 48 heavy (non-hydrogen) atoms. The predicted octanol–water partition coefficient (Wildman–Crippen LogP) is 6.91. The van der Waals surface area contributed by atoms with Crippen molar-refractivity contribution in [2.45, 2.75) is 38.9 Å². The van der Waals surface area contributed by atoms with Crippen LogP contribution in [0, 0.1) is 0 Å². The van der Waals surface area contributed by atoms with Gasteiger partial charge in [-0.05, 0) is 43.2 Å². The molecule has 3 N–H and O–H groups in total. The van der Waals surface area contributed by atoms with Gasteiger partial charge in [-0.25, -0.2) is 14.8 Å². The van der Waals surface area contributed by atoms with E-state index in [2.05, 4.69) is 20.6 Å². The van der Waals surface area contributed by atoms with Crippen LogP contribution in [0.1, 0.15) is 40.9 Å². The zero-order valence-electron chi connectivity index (χ0n) is 25.7. The number of carbonyl (C=O) groups is 2. The fourth-order valence-electron chi connectivity index (χ4n) is 4.26. The second kappa shape index (κ2) is 15.6. The van der Waals surface area contributed by atoms with E-state index in [1.165, 1.54) is 20.3 Å². The number of amides is 1. The summed E-state index contributed by atoms with van der Waals surface area (Å²) in [6.07, 6.45) is -9.22. The third-order valence-corrected chi connectivity index (χ3v) is 8.31. The maximum absolute atomic E-state index is 13.9. The lowest BCUT2D eigenvalue weighted by atomic mass is 10.1. The van der Waals surface area contributed by atoms with Gasteiger partial charge >= 0.3 is 25.9 Å². The Hall–Kier alpha value is -4.45. The lowest BCUT2D eigenvalue weighted by molar-refractivity contribution is -0.192. The molecule has 2 aromatic carbocycles. The van der Waals surface area contributed by atoms with Crippen LogP contribution in [0.15, 0.2) is 42.6 Å². The summed E-state index contributed by atoms with van der Waals surface area (Å²) in [6, 6.07) is 9.63. The van der Waals surface area contributed by atoms with E-state index in [4.69, 9.17) is 28.5 Å². The number of aromatic nitrogens is 2. The first-order valence-corrected chi connectivity index (χ1v) is 15.5. The molecule has 0 atom stereocenters. The number of carboxylic acid groups (broad SMARTS) is 1. The summed E-state index contributed by atoms with van der Waals surface area (Å²) in [4.78, 5) is 34.6. The summed E-state index contributed by atoms with van der Waals surface area (Å²) in [5, 5.41) is 13.8. The van der Waals surface area contributed by atoms with Crippen LogP contribution in [0.3, 0.4) is 0 Å². The van der Waals surface area contributed by atoms with Crippen LogP contribution in [0.4, 0.5) is 49.5 Å². The predicted molar refractivity (Wildman–Crippen MR) is 158 cm³/mol. The molecule has 1 amide bonds. The highest BCUT2D eigenvalue weighted by Crippen LogP contribution is 2.51. The Morgan fingerprint density at radius 2 is 1.67 bits per heavy atom. The van der Waals surface area contributed by atoms with E-state index in [1.54, 1.807) is 44.2 Å². The van der Waals surface area contributed by atoms with Crippen LogP contribution in [0.25, 0.3) is 0 Å². The van der Waals surface area contributed by atoms with E-state index in [1.807, 2.05) is 0 Å². The third kappa shape index (κ3) is 9.56. The number of fused-ring (bicyclic) bond motifs is 1. The van der Waals surface area contributed by atoms with Gasteiger partial charge in [-0.2, -0.15) is 31.3 Å². The molecule has 0 saturated heterocycles. The molecule has 0 radical (unpaired) electrons. The van der Waals surface area contributed by atoms with Gasteiger partial charge in [0.15, 0.2) is 0 Å². The monoisotopic (exact) mass is 709 g/mol. The minimum absolute atomic E-state index is 0.00319. The lowest BCUT2D eigenvalue weighted by Crippen LogP contribution is -2.22.